The van der Waals surface area contributed by atoms with E-state index in [1.54, 1.807) is 24.5 Å². The van der Waals surface area contributed by atoms with Gasteiger partial charge in [0.2, 0.25) is 17.8 Å². The molecular weight excluding hydrogens is 815 g/mol. The minimum Gasteiger partial charge on any atom is -0.478 e. The van der Waals surface area contributed by atoms with Crippen molar-refractivity contribution < 1.29 is 23.5 Å². The van der Waals surface area contributed by atoms with Crippen molar-refractivity contribution in [1.29, 1.82) is 0 Å². The molecule has 326 valence electrons. The number of fused-ring (bicyclic) bond motifs is 2. The van der Waals surface area contributed by atoms with Crippen LogP contribution in [0.25, 0.3) is 11.0 Å². The molecule has 0 bridgehead atoms. The van der Waals surface area contributed by atoms with E-state index in [0.717, 1.165) is 68.8 Å². The molecule has 7 heterocycles. The van der Waals surface area contributed by atoms with Crippen molar-refractivity contribution in [3.05, 3.63) is 74.5 Å². The summed E-state index contributed by atoms with van der Waals surface area (Å²) in [7, 11) is 1.50. The number of imide groups is 1. The van der Waals surface area contributed by atoms with Crippen molar-refractivity contribution in [2.24, 2.45) is 17.8 Å². The average Bonchev–Trinajstić information content (AvgIpc) is 3.24. The van der Waals surface area contributed by atoms with E-state index >= 15 is 4.39 Å². The van der Waals surface area contributed by atoms with E-state index in [9.17, 15) is 19.2 Å². The van der Waals surface area contributed by atoms with Crippen LogP contribution in [0.5, 0.6) is 5.75 Å². The molecule has 3 N–H and O–H groups in total. The SMILES string of the molecule is CNC(=O)COc1cc2cc(Nc3nc(N4CC[C@H](CN5CCC(c6cc7c(cc6F)C(C6CCC(=O)NC6=O)=[N+]=C(C)C7)CC5)[C@H](C)C4)ncc3Cl)cnc2n(C(C)C)c1=O. The summed E-state index contributed by atoms with van der Waals surface area (Å²) in [5, 5.41) is 9.19. The molecule has 3 fully saturated rings. The number of anilines is 3. The number of carbonyl (C=O) groups excluding carboxylic acids is 3. The summed E-state index contributed by atoms with van der Waals surface area (Å²) < 4.78 is 27.7. The summed E-state index contributed by atoms with van der Waals surface area (Å²) in [5.74, 6) is 0.204. The normalized spacial score (nSPS) is 21.0. The van der Waals surface area contributed by atoms with Gasteiger partial charge in [-0.2, -0.15) is 4.98 Å². The Labute approximate surface area is 364 Å². The molecule has 3 atom stereocenters. The summed E-state index contributed by atoms with van der Waals surface area (Å²) in [4.78, 5) is 68.3. The average molecular weight is 868 g/mol. The highest BCUT2D eigenvalue weighted by Crippen LogP contribution is 2.36. The predicted molar refractivity (Wildman–Crippen MR) is 237 cm³/mol. The van der Waals surface area contributed by atoms with E-state index in [-0.39, 0.29) is 59.8 Å². The first-order chi connectivity index (χ1) is 29.8. The van der Waals surface area contributed by atoms with Crippen molar-refractivity contribution in [3.8, 4) is 5.75 Å². The maximum Gasteiger partial charge on any atom is 0.323 e. The first-order valence-electron chi connectivity index (χ1n) is 21.5. The maximum atomic E-state index is 15.9. The van der Waals surface area contributed by atoms with E-state index in [2.05, 4.69) is 42.6 Å². The maximum absolute atomic E-state index is 15.9. The number of piperidine rings is 3. The molecule has 4 aliphatic heterocycles. The lowest BCUT2D eigenvalue weighted by Crippen LogP contribution is -2.46. The molecule has 15 nitrogen and oxygen atoms in total. The monoisotopic (exact) mass is 867 g/mol. The van der Waals surface area contributed by atoms with Gasteiger partial charge in [-0.3, -0.25) is 29.1 Å². The standard InChI is InChI=1S/C45H52ClFN10O5/c1-24(2)57-42-30(17-37(44(57)61)62-23-39(59)48-5)15-31(19-49-42)52-41-35(46)20-50-45(54-41)56-13-10-28(25(3)21-56)22-55-11-8-27(9-12-55)33-16-29-14-26(4)51-40(34(29)18-36(33)47)32-6-7-38(58)53-43(32)60/h15-20,24-25,27-28,32H,6-14,21-23H2,1-5H3,(H2-,48,50,52,53,54,58,59,60)/p+1/t25-,28-,32?/m1/s1. The van der Waals surface area contributed by atoms with Crippen LogP contribution in [0.1, 0.15) is 88.4 Å². The number of pyridine rings is 2. The molecule has 1 unspecified atom stereocenters. The Morgan fingerprint density at radius 2 is 1.85 bits per heavy atom. The fraction of sp³-hybridized carbons (Fsp3) is 0.489. The molecule has 0 radical (unpaired) electrons. The number of hydrogen-bond acceptors (Lipinski definition) is 11. The third-order valence-electron chi connectivity index (χ3n) is 12.7. The van der Waals surface area contributed by atoms with Gasteiger partial charge in [0.25, 0.3) is 17.2 Å². The van der Waals surface area contributed by atoms with Crippen LogP contribution in [0.3, 0.4) is 0 Å². The number of nitrogens with one attached hydrogen (secondary N) is 3. The van der Waals surface area contributed by atoms with Gasteiger partial charge in [-0.15, -0.1) is 0 Å². The summed E-state index contributed by atoms with van der Waals surface area (Å²) in [6.07, 6.45) is 7.16. The minimum atomic E-state index is -0.563. The van der Waals surface area contributed by atoms with Crippen molar-refractivity contribution in [3.63, 3.8) is 0 Å². The summed E-state index contributed by atoms with van der Waals surface area (Å²) in [5.41, 5.74) is 4.58. The fourth-order valence-corrected chi connectivity index (χ4v) is 9.48. The van der Waals surface area contributed by atoms with Gasteiger partial charge in [-0.25, -0.2) is 14.4 Å². The molecule has 3 saturated heterocycles. The Balaban J connectivity index is 0.884. The zero-order chi connectivity index (χ0) is 43.8. The lowest BCUT2D eigenvalue weighted by molar-refractivity contribution is -0.134. The van der Waals surface area contributed by atoms with Crippen molar-refractivity contribution >= 4 is 69.2 Å². The van der Waals surface area contributed by atoms with Crippen LogP contribution in [0.4, 0.5) is 21.8 Å². The zero-order valence-corrected chi connectivity index (χ0v) is 36.5. The second-order valence-corrected chi connectivity index (χ2v) is 17.8. The van der Waals surface area contributed by atoms with Gasteiger partial charge in [-0.1, -0.05) is 29.3 Å². The highest BCUT2D eigenvalue weighted by Gasteiger charge is 2.41. The quantitative estimate of drug-likeness (QED) is 0.141. The summed E-state index contributed by atoms with van der Waals surface area (Å²) >= 11 is 6.62. The van der Waals surface area contributed by atoms with E-state index in [1.165, 1.54) is 11.6 Å². The largest absolute Gasteiger partial charge is 0.478 e. The van der Waals surface area contributed by atoms with Crippen LogP contribution in [0.15, 0.2) is 41.5 Å². The number of benzene rings is 1. The Hall–Kier alpha value is -5.70. The van der Waals surface area contributed by atoms with Crippen LogP contribution in [-0.2, 0) is 20.8 Å². The van der Waals surface area contributed by atoms with Crippen LogP contribution < -0.4 is 35.8 Å². The van der Waals surface area contributed by atoms with Crippen molar-refractivity contribution in [2.75, 3.05) is 56.6 Å². The van der Waals surface area contributed by atoms with E-state index in [0.29, 0.717) is 69.5 Å². The number of amides is 3. The van der Waals surface area contributed by atoms with Gasteiger partial charge in [-0.05, 0) is 99.7 Å². The molecule has 62 heavy (non-hydrogen) atoms. The Kier molecular flexibility index (Phi) is 12.4. The fourth-order valence-electron chi connectivity index (χ4n) is 9.34. The molecule has 4 aromatic rings. The van der Waals surface area contributed by atoms with Gasteiger partial charge in [0, 0.05) is 51.5 Å². The molecule has 3 amide bonds. The van der Waals surface area contributed by atoms with Gasteiger partial charge in [0.15, 0.2) is 18.2 Å². The number of hydrogen-bond donors (Lipinski definition) is 3. The number of aromatic nitrogens is 4. The Bertz CT molecular complexity index is 2570. The Morgan fingerprint density at radius 1 is 1.06 bits per heavy atom. The molecule has 17 heteroatoms. The van der Waals surface area contributed by atoms with Crippen LogP contribution in [0, 0.1) is 23.6 Å². The van der Waals surface area contributed by atoms with Crippen molar-refractivity contribution in [1.82, 2.24) is 39.7 Å². The lowest BCUT2D eigenvalue weighted by Gasteiger charge is -2.41. The second-order valence-electron chi connectivity index (χ2n) is 17.4. The van der Waals surface area contributed by atoms with Crippen molar-refractivity contribution in [2.45, 2.75) is 78.2 Å². The van der Waals surface area contributed by atoms with Gasteiger partial charge in [0.05, 0.1) is 30.1 Å². The molecule has 0 aliphatic carbocycles. The number of likely N-dealkylation sites (N-methyl/N-ethyl adjacent to an activating group) is 1. The number of ether oxygens (including phenoxy) is 1. The summed E-state index contributed by atoms with van der Waals surface area (Å²) in [6, 6.07) is 6.79. The number of likely N-dealkylation sites (tertiary alicyclic amines) is 1. The van der Waals surface area contributed by atoms with Gasteiger partial charge >= 0.3 is 5.71 Å². The highest BCUT2D eigenvalue weighted by molar-refractivity contribution is 6.33. The molecule has 1 aromatic carbocycles. The minimum absolute atomic E-state index is 0.0495. The van der Waals surface area contributed by atoms with E-state index in [1.807, 2.05) is 32.9 Å². The van der Waals surface area contributed by atoms with Gasteiger partial charge < -0.3 is 25.2 Å². The Morgan fingerprint density at radius 3 is 2.58 bits per heavy atom. The number of carbonyl (C=O) groups is 3. The molecular formula is C45H53ClFN10O5+. The van der Waals surface area contributed by atoms with Crippen LogP contribution in [-0.4, -0.2) is 99.9 Å². The van der Waals surface area contributed by atoms with Gasteiger partial charge in [0.1, 0.15) is 22.4 Å². The van der Waals surface area contributed by atoms with Crippen LogP contribution >= 0.6 is 11.6 Å². The number of halogens is 2. The lowest BCUT2D eigenvalue weighted by atomic mass is 9.81. The van der Waals surface area contributed by atoms with E-state index in [4.69, 9.17) is 26.0 Å². The second kappa shape index (κ2) is 18.0. The smallest absolute Gasteiger partial charge is 0.323 e. The zero-order valence-electron chi connectivity index (χ0n) is 35.8. The van der Waals surface area contributed by atoms with Crippen LogP contribution in [0.2, 0.25) is 5.02 Å². The predicted octanol–water partition coefficient (Wildman–Crippen LogP) is 4.70. The number of rotatable bonds is 11. The van der Waals surface area contributed by atoms with E-state index < -0.39 is 5.92 Å². The topological polar surface area (TPSA) is 178 Å². The summed E-state index contributed by atoms with van der Waals surface area (Å²) in [6.45, 7) is 12.0. The molecule has 3 aromatic heterocycles. The first kappa shape index (κ1) is 43.0. The molecule has 8 rings (SSSR count). The highest BCUT2D eigenvalue weighted by atomic mass is 35.5. The molecule has 0 saturated carbocycles. The number of nitrogens with zero attached hydrogens (tertiary/aromatic N) is 7. The third kappa shape index (κ3) is 8.95. The third-order valence-corrected chi connectivity index (χ3v) is 13.0. The molecule has 0 spiro atoms. The molecule has 4 aliphatic rings. The first-order valence-corrected chi connectivity index (χ1v) is 21.9.